The number of benzene rings is 2. The van der Waals surface area contributed by atoms with E-state index in [9.17, 15) is 28.1 Å². The molecule has 10 nitrogen and oxygen atoms in total. The van der Waals surface area contributed by atoms with Crippen molar-refractivity contribution in [3.8, 4) is 0 Å². The molecular formula is C21H23N3O7S. The molecule has 0 atom stereocenters. The number of hydrogen-bond donors (Lipinski definition) is 1. The maximum absolute atomic E-state index is 12.8. The van der Waals surface area contributed by atoms with Crippen molar-refractivity contribution in [2.24, 2.45) is 11.7 Å². The van der Waals surface area contributed by atoms with Gasteiger partial charge in [0.25, 0.3) is 5.69 Å². The molecule has 0 radical (unpaired) electrons. The number of hydrogen-bond acceptors (Lipinski definition) is 7. The highest BCUT2D eigenvalue weighted by atomic mass is 32.2. The van der Waals surface area contributed by atoms with Crippen LogP contribution in [0.4, 0.5) is 5.69 Å². The number of nitro groups is 1. The van der Waals surface area contributed by atoms with Crippen LogP contribution in [0.15, 0.2) is 47.4 Å². The second-order valence-electron chi connectivity index (χ2n) is 7.65. The summed E-state index contributed by atoms with van der Waals surface area (Å²) >= 11 is 0. The number of amides is 1. The summed E-state index contributed by atoms with van der Waals surface area (Å²) in [7, 11) is -3.64. The summed E-state index contributed by atoms with van der Waals surface area (Å²) in [6.45, 7) is 2.60. The molecule has 32 heavy (non-hydrogen) atoms. The molecule has 1 aliphatic rings. The van der Waals surface area contributed by atoms with Gasteiger partial charge < -0.3 is 10.5 Å². The van der Waals surface area contributed by atoms with E-state index in [4.69, 9.17) is 10.5 Å². The van der Waals surface area contributed by atoms with Crippen LogP contribution in [0.5, 0.6) is 0 Å². The Bertz CT molecular complexity index is 1140. The molecule has 0 aromatic heterocycles. The molecule has 170 valence electrons. The number of primary amides is 1. The molecule has 3 rings (SSSR count). The van der Waals surface area contributed by atoms with Gasteiger partial charge >= 0.3 is 5.97 Å². The number of rotatable bonds is 7. The van der Waals surface area contributed by atoms with Gasteiger partial charge in [-0.05, 0) is 55.2 Å². The average Bonchev–Trinajstić information content (AvgIpc) is 2.77. The molecule has 1 heterocycles. The molecule has 0 unspecified atom stereocenters. The lowest BCUT2D eigenvalue weighted by Gasteiger charge is -2.29. The van der Waals surface area contributed by atoms with Crippen molar-refractivity contribution in [3.63, 3.8) is 0 Å². The second kappa shape index (κ2) is 9.45. The van der Waals surface area contributed by atoms with Gasteiger partial charge in [-0.3, -0.25) is 14.9 Å². The fraction of sp³-hybridized carbons (Fsp3) is 0.333. The molecule has 0 spiro atoms. The molecule has 0 aliphatic carbocycles. The van der Waals surface area contributed by atoms with E-state index in [0.29, 0.717) is 19.0 Å². The van der Waals surface area contributed by atoms with E-state index in [-0.39, 0.29) is 21.6 Å². The normalized spacial score (nSPS) is 15.3. The first-order chi connectivity index (χ1) is 15.1. The summed E-state index contributed by atoms with van der Waals surface area (Å²) in [5.41, 5.74) is 4.90. The van der Waals surface area contributed by atoms with Crippen LogP contribution in [0.1, 0.15) is 46.0 Å². The van der Waals surface area contributed by atoms with E-state index in [1.165, 1.54) is 40.7 Å². The largest absolute Gasteiger partial charge is 0.457 e. The van der Waals surface area contributed by atoms with Gasteiger partial charge in [0.1, 0.15) is 6.61 Å². The summed E-state index contributed by atoms with van der Waals surface area (Å²) in [6.07, 6.45) is 1.60. The van der Waals surface area contributed by atoms with E-state index >= 15 is 0 Å². The Morgan fingerprint density at radius 2 is 1.72 bits per heavy atom. The molecule has 1 fully saturated rings. The first kappa shape index (κ1) is 23.4. The number of sulfonamides is 1. The van der Waals surface area contributed by atoms with Crippen molar-refractivity contribution in [3.05, 3.63) is 69.3 Å². The Balaban J connectivity index is 1.69. The van der Waals surface area contributed by atoms with E-state index < -0.39 is 39.1 Å². The van der Waals surface area contributed by atoms with Gasteiger partial charge in [-0.25, -0.2) is 13.2 Å². The predicted octanol–water partition coefficient (Wildman–Crippen LogP) is 2.47. The quantitative estimate of drug-likeness (QED) is 0.378. The zero-order chi connectivity index (χ0) is 23.5. The lowest BCUT2D eigenvalue weighted by atomic mass is 10.0. The minimum Gasteiger partial charge on any atom is -0.457 e. The van der Waals surface area contributed by atoms with Crippen molar-refractivity contribution in [1.82, 2.24) is 4.31 Å². The summed E-state index contributed by atoms with van der Waals surface area (Å²) in [4.78, 5) is 34.2. The van der Waals surface area contributed by atoms with Gasteiger partial charge in [-0.15, -0.1) is 0 Å². The number of esters is 1. The fourth-order valence-electron chi connectivity index (χ4n) is 3.37. The molecule has 1 saturated heterocycles. The number of ether oxygens (including phenoxy) is 1. The maximum Gasteiger partial charge on any atom is 0.338 e. The number of nitro benzene ring substituents is 1. The minimum atomic E-state index is -3.64. The average molecular weight is 461 g/mol. The molecule has 1 aliphatic heterocycles. The minimum absolute atomic E-state index is 0.0354. The first-order valence-electron chi connectivity index (χ1n) is 9.94. The first-order valence-corrected chi connectivity index (χ1v) is 11.4. The van der Waals surface area contributed by atoms with Crippen LogP contribution in [0.3, 0.4) is 0 Å². The van der Waals surface area contributed by atoms with Crippen LogP contribution in [0, 0.1) is 16.0 Å². The van der Waals surface area contributed by atoms with Gasteiger partial charge in [0, 0.05) is 24.7 Å². The van der Waals surface area contributed by atoms with Crippen molar-refractivity contribution in [2.75, 3.05) is 13.1 Å². The Labute approximate surface area is 185 Å². The second-order valence-corrected chi connectivity index (χ2v) is 9.59. The summed E-state index contributed by atoms with van der Waals surface area (Å²) in [6, 6.07) is 8.98. The molecule has 1 amide bonds. The van der Waals surface area contributed by atoms with Crippen LogP contribution in [-0.2, 0) is 21.4 Å². The van der Waals surface area contributed by atoms with Crippen molar-refractivity contribution in [2.45, 2.75) is 31.3 Å². The van der Waals surface area contributed by atoms with Gasteiger partial charge in [0.2, 0.25) is 15.9 Å². The molecule has 2 aromatic carbocycles. The SMILES string of the molecule is CC1CCN(S(=O)(=O)c2ccc(C(=O)OCc3ccc(C(N)=O)cc3[N+](=O)[O-])cc2)CC1. The standard InChI is InChI=1S/C21H23N3O7S/c1-14-8-10-23(11-9-14)32(29,30)18-6-4-15(5-7-18)21(26)31-13-17-3-2-16(20(22)25)12-19(17)24(27)28/h2-7,12,14H,8-11,13H2,1H3,(H2,22,25). The highest BCUT2D eigenvalue weighted by Gasteiger charge is 2.28. The topological polar surface area (TPSA) is 150 Å². The molecular weight excluding hydrogens is 438 g/mol. The van der Waals surface area contributed by atoms with Gasteiger partial charge in [0.15, 0.2) is 0 Å². The fourth-order valence-corrected chi connectivity index (χ4v) is 4.84. The van der Waals surface area contributed by atoms with E-state index in [1.807, 2.05) is 0 Å². The molecule has 0 bridgehead atoms. The van der Waals surface area contributed by atoms with Crippen LogP contribution in [0.2, 0.25) is 0 Å². The third-order valence-electron chi connectivity index (χ3n) is 5.40. The van der Waals surface area contributed by atoms with Crippen LogP contribution >= 0.6 is 0 Å². The molecule has 0 saturated carbocycles. The smallest absolute Gasteiger partial charge is 0.338 e. The number of nitrogens with zero attached hydrogens (tertiary/aromatic N) is 2. The van der Waals surface area contributed by atoms with Gasteiger partial charge in [-0.1, -0.05) is 6.92 Å². The Morgan fingerprint density at radius 1 is 1.12 bits per heavy atom. The lowest BCUT2D eigenvalue weighted by molar-refractivity contribution is -0.385. The van der Waals surface area contributed by atoms with Crippen molar-refractivity contribution >= 4 is 27.6 Å². The van der Waals surface area contributed by atoms with Crippen molar-refractivity contribution in [1.29, 1.82) is 0 Å². The molecule has 2 aromatic rings. The molecule has 2 N–H and O–H groups in total. The maximum atomic E-state index is 12.8. The predicted molar refractivity (Wildman–Crippen MR) is 114 cm³/mol. The van der Waals surface area contributed by atoms with Crippen LogP contribution in [0.25, 0.3) is 0 Å². The van der Waals surface area contributed by atoms with Crippen molar-refractivity contribution < 1.29 is 27.7 Å². The van der Waals surface area contributed by atoms with Gasteiger partial charge in [-0.2, -0.15) is 4.31 Å². The highest BCUT2D eigenvalue weighted by Crippen LogP contribution is 2.24. The summed E-state index contributed by atoms with van der Waals surface area (Å²) in [5.74, 6) is -1.10. The molecule has 11 heteroatoms. The van der Waals surface area contributed by atoms with Crippen LogP contribution < -0.4 is 5.73 Å². The zero-order valence-electron chi connectivity index (χ0n) is 17.4. The van der Waals surface area contributed by atoms with E-state index in [2.05, 4.69) is 6.92 Å². The number of piperidine rings is 1. The zero-order valence-corrected chi connectivity index (χ0v) is 18.2. The van der Waals surface area contributed by atoms with Crippen LogP contribution in [-0.4, -0.2) is 42.6 Å². The third-order valence-corrected chi connectivity index (χ3v) is 7.31. The van der Waals surface area contributed by atoms with E-state index in [1.54, 1.807) is 0 Å². The summed E-state index contributed by atoms with van der Waals surface area (Å²) in [5, 5.41) is 11.2. The third kappa shape index (κ3) is 5.11. The summed E-state index contributed by atoms with van der Waals surface area (Å²) < 4.78 is 32.1. The van der Waals surface area contributed by atoms with Gasteiger partial charge in [0.05, 0.1) is 20.9 Å². The number of carbonyl (C=O) groups excluding carboxylic acids is 2. The highest BCUT2D eigenvalue weighted by molar-refractivity contribution is 7.89. The monoisotopic (exact) mass is 461 g/mol. The number of nitrogens with two attached hydrogens (primary N) is 1. The number of carbonyl (C=O) groups is 2. The Hall–Kier alpha value is -3.31. The Morgan fingerprint density at radius 3 is 2.28 bits per heavy atom. The lowest BCUT2D eigenvalue weighted by Crippen LogP contribution is -2.37. The van der Waals surface area contributed by atoms with E-state index in [0.717, 1.165) is 18.9 Å². The Kier molecular flexibility index (Phi) is 6.90.